The van der Waals surface area contributed by atoms with Gasteiger partial charge in [0.25, 0.3) is 0 Å². The van der Waals surface area contributed by atoms with Gasteiger partial charge in [0.1, 0.15) is 0 Å². The van der Waals surface area contributed by atoms with Gasteiger partial charge >= 0.3 is 6.18 Å². The molecule has 1 aliphatic rings. The summed E-state index contributed by atoms with van der Waals surface area (Å²) in [5.41, 5.74) is -0.295. The van der Waals surface area contributed by atoms with Gasteiger partial charge in [-0.3, -0.25) is 0 Å². The molecule has 1 saturated carbocycles. The van der Waals surface area contributed by atoms with E-state index in [1.165, 1.54) is 23.9 Å². The number of rotatable bonds is 6. The third kappa shape index (κ3) is 4.40. The first kappa shape index (κ1) is 14.7. The van der Waals surface area contributed by atoms with Crippen molar-refractivity contribution in [3.05, 3.63) is 29.3 Å². The fourth-order valence-corrected chi connectivity index (χ4v) is 2.46. The number of alkyl halides is 3. The number of benzene rings is 1. The Morgan fingerprint density at radius 1 is 1.32 bits per heavy atom. The Bertz CT molecular complexity index is 432. The molecule has 2 nitrogen and oxygen atoms in total. The lowest BCUT2D eigenvalue weighted by Gasteiger charge is -2.15. The normalized spacial score (nSPS) is 15.8. The maximum atomic E-state index is 13.0. The minimum Gasteiger partial charge on any atom is -0.396 e. The van der Waals surface area contributed by atoms with Gasteiger partial charge in [-0.15, -0.1) is 11.8 Å². The molecule has 0 aromatic heterocycles. The van der Waals surface area contributed by atoms with Crippen LogP contribution in [0, 0.1) is 0 Å². The maximum Gasteiger partial charge on any atom is 0.416 e. The summed E-state index contributed by atoms with van der Waals surface area (Å²) in [6, 6.07) is 4.76. The molecule has 0 radical (unpaired) electrons. The Labute approximate surface area is 114 Å². The van der Waals surface area contributed by atoms with E-state index >= 15 is 0 Å². The lowest BCUT2D eigenvalue weighted by atomic mass is 10.1. The Hall–Kier alpha value is -0.720. The summed E-state index contributed by atoms with van der Waals surface area (Å²) in [5, 5.41) is 11.8. The van der Waals surface area contributed by atoms with Gasteiger partial charge in [-0.05, 0) is 30.5 Å². The van der Waals surface area contributed by atoms with Gasteiger partial charge in [-0.2, -0.15) is 13.2 Å². The van der Waals surface area contributed by atoms with Crippen LogP contribution >= 0.6 is 11.8 Å². The van der Waals surface area contributed by atoms with Crippen LogP contribution in [0.25, 0.3) is 0 Å². The molecule has 0 spiro atoms. The average molecular weight is 291 g/mol. The fourth-order valence-electron chi connectivity index (χ4n) is 1.77. The third-order valence-electron chi connectivity index (χ3n) is 2.91. The largest absolute Gasteiger partial charge is 0.416 e. The van der Waals surface area contributed by atoms with Crippen molar-refractivity contribution in [3.63, 3.8) is 0 Å². The highest BCUT2D eigenvalue weighted by molar-refractivity contribution is 7.99. The molecule has 0 saturated heterocycles. The quantitative estimate of drug-likeness (QED) is 0.790. The number of aliphatic hydroxyl groups excluding tert-OH is 1. The Kier molecular flexibility index (Phi) is 4.76. The van der Waals surface area contributed by atoms with E-state index in [1.807, 2.05) is 0 Å². The molecule has 1 aromatic rings. The number of aliphatic hydroxyl groups is 1. The Balaban J connectivity index is 2.15. The summed E-state index contributed by atoms with van der Waals surface area (Å²) in [6.45, 7) is 0.210. The van der Waals surface area contributed by atoms with Crippen molar-refractivity contribution in [1.82, 2.24) is 5.32 Å². The zero-order valence-electron chi connectivity index (χ0n) is 10.3. The highest BCUT2D eigenvalue weighted by Gasteiger charge is 2.34. The van der Waals surface area contributed by atoms with Crippen molar-refractivity contribution in [3.8, 4) is 0 Å². The highest BCUT2D eigenvalue weighted by Crippen LogP contribution is 2.35. The fraction of sp³-hybridized carbons (Fsp3) is 0.538. The molecule has 19 heavy (non-hydrogen) atoms. The summed E-state index contributed by atoms with van der Waals surface area (Å²) in [5.74, 6) is 0.400. The molecular weight excluding hydrogens is 275 g/mol. The van der Waals surface area contributed by atoms with Gasteiger partial charge in [-0.1, -0.05) is 6.07 Å². The van der Waals surface area contributed by atoms with E-state index in [9.17, 15) is 13.2 Å². The number of thioether (sulfide) groups is 1. The summed E-state index contributed by atoms with van der Waals surface area (Å²) in [7, 11) is 0. The molecule has 1 fully saturated rings. The van der Waals surface area contributed by atoms with Gasteiger partial charge in [0, 0.05) is 23.2 Å². The van der Waals surface area contributed by atoms with Crippen LogP contribution in [0.15, 0.2) is 23.1 Å². The maximum absolute atomic E-state index is 13.0. The second-order valence-electron chi connectivity index (χ2n) is 4.54. The van der Waals surface area contributed by atoms with Crippen molar-refractivity contribution in [2.45, 2.75) is 36.5 Å². The van der Waals surface area contributed by atoms with Crippen LogP contribution in [0.3, 0.4) is 0 Å². The molecule has 0 atom stereocenters. The van der Waals surface area contributed by atoms with Crippen molar-refractivity contribution in [1.29, 1.82) is 0 Å². The second-order valence-corrected chi connectivity index (χ2v) is 5.71. The van der Waals surface area contributed by atoms with Crippen LogP contribution in [-0.4, -0.2) is 23.5 Å². The summed E-state index contributed by atoms with van der Waals surface area (Å²) in [6.07, 6.45) is -2.24. The molecule has 0 amide bonds. The molecule has 2 N–H and O–H groups in total. The van der Waals surface area contributed by atoms with Crippen molar-refractivity contribution in [2.24, 2.45) is 0 Å². The SMILES string of the molecule is OCCSc1ccc(CNC2CC2)c(C(F)(F)F)c1. The molecule has 0 bridgehead atoms. The average Bonchev–Trinajstić information content (AvgIpc) is 3.17. The van der Waals surface area contributed by atoms with E-state index in [2.05, 4.69) is 5.32 Å². The van der Waals surface area contributed by atoms with Crippen LogP contribution in [-0.2, 0) is 12.7 Å². The monoisotopic (exact) mass is 291 g/mol. The Morgan fingerprint density at radius 2 is 2.05 bits per heavy atom. The van der Waals surface area contributed by atoms with E-state index in [0.29, 0.717) is 16.7 Å². The van der Waals surface area contributed by atoms with Crippen LogP contribution in [0.1, 0.15) is 24.0 Å². The van der Waals surface area contributed by atoms with Gasteiger partial charge in [0.2, 0.25) is 0 Å². The topological polar surface area (TPSA) is 32.3 Å². The zero-order chi connectivity index (χ0) is 13.9. The lowest BCUT2D eigenvalue weighted by Crippen LogP contribution is -2.19. The van der Waals surface area contributed by atoms with Crippen LogP contribution in [0.5, 0.6) is 0 Å². The number of hydrogen-bond acceptors (Lipinski definition) is 3. The first-order valence-corrected chi connectivity index (χ1v) is 7.16. The van der Waals surface area contributed by atoms with E-state index in [1.54, 1.807) is 6.07 Å². The molecular formula is C13H16F3NOS. The van der Waals surface area contributed by atoms with Crippen LogP contribution in [0.4, 0.5) is 13.2 Å². The summed E-state index contributed by atoms with van der Waals surface area (Å²) in [4.78, 5) is 0.538. The minimum atomic E-state index is -4.34. The van der Waals surface area contributed by atoms with Gasteiger partial charge in [0.05, 0.1) is 12.2 Å². The number of hydrogen-bond donors (Lipinski definition) is 2. The second kappa shape index (κ2) is 6.15. The lowest BCUT2D eigenvalue weighted by molar-refractivity contribution is -0.138. The summed E-state index contributed by atoms with van der Waals surface area (Å²) < 4.78 is 39.0. The number of nitrogens with one attached hydrogen (secondary N) is 1. The Morgan fingerprint density at radius 3 is 2.63 bits per heavy atom. The molecule has 6 heteroatoms. The predicted molar refractivity (Wildman–Crippen MR) is 69.1 cm³/mol. The molecule has 0 heterocycles. The standard InChI is InChI=1S/C13H16F3NOS/c14-13(15,16)12-7-11(19-6-5-18)4-1-9(12)8-17-10-2-3-10/h1,4,7,10,17-18H,2-3,5-6,8H2. The molecule has 0 aliphatic heterocycles. The van der Waals surface area contributed by atoms with Crippen molar-refractivity contribution in [2.75, 3.05) is 12.4 Å². The smallest absolute Gasteiger partial charge is 0.396 e. The first-order valence-electron chi connectivity index (χ1n) is 6.18. The van der Waals surface area contributed by atoms with E-state index in [-0.39, 0.29) is 18.7 Å². The molecule has 2 rings (SSSR count). The molecule has 0 unspecified atom stereocenters. The van der Waals surface area contributed by atoms with Crippen molar-refractivity contribution >= 4 is 11.8 Å². The summed E-state index contributed by atoms with van der Waals surface area (Å²) >= 11 is 1.23. The van der Waals surface area contributed by atoms with Gasteiger partial charge in [-0.25, -0.2) is 0 Å². The molecule has 106 valence electrons. The van der Waals surface area contributed by atoms with Crippen LogP contribution < -0.4 is 5.32 Å². The van der Waals surface area contributed by atoms with E-state index in [0.717, 1.165) is 12.8 Å². The molecule has 1 aliphatic carbocycles. The molecule has 1 aromatic carbocycles. The zero-order valence-corrected chi connectivity index (χ0v) is 11.2. The minimum absolute atomic E-state index is 0.0446. The van der Waals surface area contributed by atoms with Gasteiger partial charge in [0.15, 0.2) is 0 Å². The third-order valence-corrected chi connectivity index (χ3v) is 3.88. The first-order chi connectivity index (χ1) is 9.00. The van der Waals surface area contributed by atoms with Crippen molar-refractivity contribution < 1.29 is 18.3 Å². The van der Waals surface area contributed by atoms with Gasteiger partial charge < -0.3 is 10.4 Å². The predicted octanol–water partition coefficient (Wildman–Crippen LogP) is 3.04. The van der Waals surface area contributed by atoms with E-state index in [4.69, 9.17) is 5.11 Å². The van der Waals surface area contributed by atoms with E-state index < -0.39 is 11.7 Å². The number of halogens is 3. The van der Waals surface area contributed by atoms with Crippen LogP contribution in [0.2, 0.25) is 0 Å². The highest BCUT2D eigenvalue weighted by atomic mass is 32.2.